The Kier molecular flexibility index (Phi) is 8.21. The van der Waals surface area contributed by atoms with Crippen LogP contribution >= 0.6 is 23.2 Å². The lowest BCUT2D eigenvalue weighted by molar-refractivity contribution is -0.131. The maximum atomic E-state index is 13.0. The quantitative estimate of drug-likeness (QED) is 0.481. The normalized spacial score (nSPS) is 13.9. The fourth-order valence-corrected chi connectivity index (χ4v) is 4.43. The first-order valence-corrected chi connectivity index (χ1v) is 12.4. The average Bonchev–Trinajstić information content (AvgIpc) is 3.14. The number of aromatic nitrogens is 2. The van der Waals surface area contributed by atoms with E-state index in [4.69, 9.17) is 23.2 Å². The Bertz CT molecular complexity index is 1170. The Morgan fingerprint density at radius 3 is 2.37 bits per heavy atom. The number of hydrogen-bond donors (Lipinski definition) is 0. The fourth-order valence-electron chi connectivity index (χ4n) is 4.07. The van der Waals surface area contributed by atoms with Gasteiger partial charge in [0.15, 0.2) is 5.82 Å². The molecule has 1 fully saturated rings. The molecule has 182 valence electrons. The Hall–Kier alpha value is -3.16. The van der Waals surface area contributed by atoms with Crippen LogP contribution in [0, 0.1) is 0 Å². The van der Waals surface area contributed by atoms with E-state index in [9.17, 15) is 9.59 Å². The third kappa shape index (κ3) is 6.10. The number of amides is 2. The second-order valence-corrected chi connectivity index (χ2v) is 9.15. The Balaban J connectivity index is 1.36. The molecule has 0 aliphatic carbocycles. The third-order valence-electron chi connectivity index (χ3n) is 6.06. The molecule has 0 unspecified atom stereocenters. The molecular formula is C26H27Cl2N5O2. The molecule has 2 amide bonds. The molecule has 1 aliphatic heterocycles. The fraction of sp³-hybridized carbons (Fsp3) is 0.308. The number of hydrogen-bond acceptors (Lipinski definition) is 5. The van der Waals surface area contributed by atoms with E-state index in [-0.39, 0.29) is 18.4 Å². The SMILES string of the molecule is CCN(CC(=O)N1CCCN(c2ccc(-c3ccccc3Cl)nn2)CC1)C(=O)c1ccc(Cl)cc1. The first kappa shape index (κ1) is 24.9. The molecule has 1 saturated heterocycles. The number of rotatable bonds is 6. The first-order valence-electron chi connectivity index (χ1n) is 11.6. The molecular weight excluding hydrogens is 485 g/mol. The standard InChI is InChI=1S/C26H27Cl2N5O2/c1-2-31(26(35)19-8-10-20(27)11-9-19)18-25(34)33-15-5-14-32(16-17-33)24-13-12-23(29-30-24)21-6-3-4-7-22(21)28/h3-4,6-13H,2,5,14-18H2,1H3. The number of benzene rings is 2. The van der Waals surface area contributed by atoms with E-state index in [0.29, 0.717) is 41.8 Å². The van der Waals surface area contributed by atoms with Crippen molar-refractivity contribution < 1.29 is 9.59 Å². The van der Waals surface area contributed by atoms with E-state index in [1.807, 2.05) is 48.2 Å². The molecule has 0 radical (unpaired) electrons. The van der Waals surface area contributed by atoms with E-state index in [1.165, 1.54) is 0 Å². The first-order chi connectivity index (χ1) is 17.0. The van der Waals surface area contributed by atoms with Crippen molar-refractivity contribution in [2.24, 2.45) is 0 Å². The lowest BCUT2D eigenvalue weighted by Gasteiger charge is -2.26. The maximum absolute atomic E-state index is 13.0. The molecule has 9 heteroatoms. The van der Waals surface area contributed by atoms with Crippen LogP contribution in [0.3, 0.4) is 0 Å². The van der Waals surface area contributed by atoms with Gasteiger partial charge >= 0.3 is 0 Å². The summed E-state index contributed by atoms with van der Waals surface area (Å²) in [6.07, 6.45) is 0.803. The van der Waals surface area contributed by atoms with Gasteiger partial charge in [-0.05, 0) is 55.8 Å². The summed E-state index contributed by atoms with van der Waals surface area (Å²) in [7, 11) is 0. The molecule has 0 N–H and O–H groups in total. The van der Waals surface area contributed by atoms with Gasteiger partial charge in [-0.1, -0.05) is 41.4 Å². The molecule has 35 heavy (non-hydrogen) atoms. The smallest absolute Gasteiger partial charge is 0.254 e. The Labute approximate surface area is 215 Å². The molecule has 0 bridgehead atoms. The molecule has 0 atom stereocenters. The minimum Gasteiger partial charge on any atom is -0.353 e. The summed E-state index contributed by atoms with van der Waals surface area (Å²) in [6.45, 7) is 4.96. The van der Waals surface area contributed by atoms with Crippen LogP contribution in [0.25, 0.3) is 11.3 Å². The Morgan fingerprint density at radius 1 is 0.914 bits per heavy atom. The molecule has 1 aliphatic rings. The van der Waals surface area contributed by atoms with Crippen LogP contribution in [-0.2, 0) is 4.79 Å². The summed E-state index contributed by atoms with van der Waals surface area (Å²) in [4.78, 5) is 31.4. The number of nitrogens with zero attached hydrogens (tertiary/aromatic N) is 5. The van der Waals surface area contributed by atoms with Crippen molar-refractivity contribution in [1.82, 2.24) is 20.0 Å². The van der Waals surface area contributed by atoms with Gasteiger partial charge in [-0.15, -0.1) is 10.2 Å². The van der Waals surface area contributed by atoms with Gasteiger partial charge in [-0.3, -0.25) is 9.59 Å². The van der Waals surface area contributed by atoms with E-state index in [1.54, 1.807) is 29.2 Å². The number of halogens is 2. The van der Waals surface area contributed by atoms with Crippen LogP contribution in [0.2, 0.25) is 10.0 Å². The minimum atomic E-state index is -0.178. The zero-order valence-corrected chi connectivity index (χ0v) is 21.0. The maximum Gasteiger partial charge on any atom is 0.254 e. The van der Waals surface area contributed by atoms with Crippen LogP contribution in [0.15, 0.2) is 60.7 Å². The Morgan fingerprint density at radius 2 is 1.69 bits per heavy atom. The average molecular weight is 512 g/mol. The van der Waals surface area contributed by atoms with Crippen LogP contribution in [0.5, 0.6) is 0 Å². The van der Waals surface area contributed by atoms with Gasteiger partial charge in [0.1, 0.15) is 6.54 Å². The van der Waals surface area contributed by atoms with Crippen LogP contribution in [0.1, 0.15) is 23.7 Å². The number of anilines is 1. The predicted octanol–water partition coefficient (Wildman–Crippen LogP) is 4.65. The summed E-state index contributed by atoms with van der Waals surface area (Å²) in [5.74, 6) is 0.530. The van der Waals surface area contributed by atoms with Gasteiger partial charge in [0.25, 0.3) is 5.91 Å². The monoisotopic (exact) mass is 511 g/mol. The second-order valence-electron chi connectivity index (χ2n) is 8.30. The molecule has 2 heterocycles. The van der Waals surface area contributed by atoms with Gasteiger partial charge in [-0.25, -0.2) is 0 Å². The minimum absolute atomic E-state index is 0.0459. The highest BCUT2D eigenvalue weighted by Crippen LogP contribution is 2.26. The highest BCUT2D eigenvalue weighted by atomic mass is 35.5. The van der Waals surface area contributed by atoms with Crippen LogP contribution < -0.4 is 4.90 Å². The summed E-state index contributed by atoms with van der Waals surface area (Å²) >= 11 is 12.2. The molecule has 0 saturated carbocycles. The van der Waals surface area contributed by atoms with Gasteiger partial charge in [0.2, 0.25) is 5.91 Å². The van der Waals surface area contributed by atoms with Crippen molar-refractivity contribution in [2.45, 2.75) is 13.3 Å². The topological polar surface area (TPSA) is 69.6 Å². The summed E-state index contributed by atoms with van der Waals surface area (Å²) < 4.78 is 0. The van der Waals surface area contributed by atoms with Crippen LogP contribution in [-0.4, -0.2) is 71.1 Å². The molecule has 0 spiro atoms. The highest BCUT2D eigenvalue weighted by molar-refractivity contribution is 6.33. The van der Waals surface area contributed by atoms with Crippen molar-refractivity contribution in [3.8, 4) is 11.3 Å². The zero-order valence-electron chi connectivity index (χ0n) is 19.5. The van der Waals surface area contributed by atoms with Gasteiger partial charge in [0.05, 0.1) is 10.7 Å². The van der Waals surface area contributed by atoms with E-state index in [2.05, 4.69) is 15.1 Å². The zero-order chi connectivity index (χ0) is 24.8. The largest absolute Gasteiger partial charge is 0.353 e. The highest BCUT2D eigenvalue weighted by Gasteiger charge is 2.24. The van der Waals surface area contributed by atoms with Crippen molar-refractivity contribution in [3.63, 3.8) is 0 Å². The van der Waals surface area contributed by atoms with Gasteiger partial charge < -0.3 is 14.7 Å². The summed E-state index contributed by atoms with van der Waals surface area (Å²) in [6, 6.07) is 18.1. The molecule has 3 aromatic rings. The molecule has 4 rings (SSSR count). The van der Waals surface area contributed by atoms with Crippen molar-refractivity contribution in [1.29, 1.82) is 0 Å². The van der Waals surface area contributed by atoms with E-state index >= 15 is 0 Å². The van der Waals surface area contributed by atoms with Crippen LogP contribution in [0.4, 0.5) is 5.82 Å². The van der Waals surface area contributed by atoms with Crippen molar-refractivity contribution >= 4 is 40.8 Å². The molecule has 1 aromatic heterocycles. The van der Waals surface area contributed by atoms with Crippen molar-refractivity contribution in [3.05, 3.63) is 76.3 Å². The number of likely N-dealkylation sites (N-methyl/N-ethyl adjacent to an activating group) is 1. The summed E-state index contributed by atoms with van der Waals surface area (Å²) in [5.41, 5.74) is 2.08. The van der Waals surface area contributed by atoms with Gasteiger partial charge in [-0.2, -0.15) is 0 Å². The van der Waals surface area contributed by atoms with Crippen molar-refractivity contribution in [2.75, 3.05) is 44.2 Å². The molecule has 7 nitrogen and oxygen atoms in total. The van der Waals surface area contributed by atoms with E-state index < -0.39 is 0 Å². The number of carbonyl (C=O) groups is 2. The lowest BCUT2D eigenvalue weighted by Crippen LogP contribution is -2.44. The second kappa shape index (κ2) is 11.5. The summed E-state index contributed by atoms with van der Waals surface area (Å²) in [5, 5.41) is 9.97. The number of carbonyl (C=O) groups excluding carboxylic acids is 2. The molecule has 2 aromatic carbocycles. The predicted molar refractivity (Wildman–Crippen MR) is 139 cm³/mol. The van der Waals surface area contributed by atoms with Gasteiger partial charge in [0, 0.05) is 48.9 Å². The lowest BCUT2D eigenvalue weighted by atomic mass is 10.1. The third-order valence-corrected chi connectivity index (χ3v) is 6.64. The van der Waals surface area contributed by atoms with E-state index in [0.717, 1.165) is 30.0 Å².